The Hall–Kier alpha value is -2.79. The van der Waals surface area contributed by atoms with Crippen LogP contribution >= 0.6 is 11.6 Å². The normalized spacial score (nSPS) is 11.8. The second-order valence-corrected chi connectivity index (χ2v) is 6.45. The van der Waals surface area contributed by atoms with E-state index in [0.717, 1.165) is 17.0 Å². The molecular formula is C20H20ClN3O2. The number of nitrogens with zero attached hydrogens (tertiary/aromatic N) is 3. The maximum absolute atomic E-state index is 12.8. The molecule has 6 heteroatoms. The summed E-state index contributed by atoms with van der Waals surface area (Å²) < 4.78 is 6.84. The van der Waals surface area contributed by atoms with Gasteiger partial charge in [0.05, 0.1) is 30.6 Å². The number of methoxy groups -OCH3 is 1. The maximum atomic E-state index is 12.8. The molecule has 0 radical (unpaired) electrons. The van der Waals surface area contributed by atoms with Crippen LogP contribution in [0.2, 0.25) is 5.02 Å². The first-order chi connectivity index (χ1) is 12.5. The van der Waals surface area contributed by atoms with E-state index in [-0.39, 0.29) is 11.9 Å². The minimum atomic E-state index is -0.0893. The highest BCUT2D eigenvalue weighted by atomic mass is 35.5. The number of aromatic nitrogens is 2. The SMILES string of the molecule is COc1ccc(C(C)N(C)C(=O)c2cnn(-c3ccc(Cl)cc3)c2)cc1. The van der Waals surface area contributed by atoms with E-state index in [2.05, 4.69) is 5.10 Å². The quantitative estimate of drug-likeness (QED) is 0.671. The zero-order valence-electron chi connectivity index (χ0n) is 14.9. The van der Waals surface area contributed by atoms with Crippen LogP contribution in [0.5, 0.6) is 5.75 Å². The van der Waals surface area contributed by atoms with Crippen LogP contribution in [0.3, 0.4) is 0 Å². The summed E-state index contributed by atoms with van der Waals surface area (Å²) in [4.78, 5) is 14.5. The van der Waals surface area contributed by atoms with Crippen molar-refractivity contribution in [1.82, 2.24) is 14.7 Å². The van der Waals surface area contributed by atoms with Crippen LogP contribution in [-0.4, -0.2) is 34.7 Å². The van der Waals surface area contributed by atoms with Gasteiger partial charge in [-0.25, -0.2) is 4.68 Å². The summed E-state index contributed by atoms with van der Waals surface area (Å²) in [5.74, 6) is 0.702. The third-order valence-electron chi connectivity index (χ3n) is 4.42. The molecule has 1 atom stereocenters. The van der Waals surface area contributed by atoms with Gasteiger partial charge in [-0.1, -0.05) is 23.7 Å². The molecule has 134 valence electrons. The van der Waals surface area contributed by atoms with Gasteiger partial charge in [-0.05, 0) is 48.9 Å². The Balaban J connectivity index is 1.76. The predicted molar refractivity (Wildman–Crippen MR) is 102 cm³/mol. The van der Waals surface area contributed by atoms with Crippen molar-refractivity contribution in [2.75, 3.05) is 14.2 Å². The number of halogens is 1. The second kappa shape index (κ2) is 7.62. The van der Waals surface area contributed by atoms with Gasteiger partial charge in [0.15, 0.2) is 0 Å². The monoisotopic (exact) mass is 369 g/mol. The minimum absolute atomic E-state index is 0.0766. The molecule has 0 spiro atoms. The molecular weight excluding hydrogens is 350 g/mol. The largest absolute Gasteiger partial charge is 0.497 e. The molecule has 5 nitrogen and oxygen atoms in total. The van der Waals surface area contributed by atoms with E-state index in [4.69, 9.17) is 16.3 Å². The van der Waals surface area contributed by atoms with Crippen molar-refractivity contribution in [3.63, 3.8) is 0 Å². The number of ether oxygens (including phenoxy) is 1. The molecule has 3 aromatic rings. The molecule has 3 rings (SSSR count). The summed E-state index contributed by atoms with van der Waals surface area (Å²) in [5.41, 5.74) is 2.41. The lowest BCUT2D eigenvalue weighted by Crippen LogP contribution is -2.29. The summed E-state index contributed by atoms with van der Waals surface area (Å²) in [5, 5.41) is 4.94. The van der Waals surface area contributed by atoms with Crippen LogP contribution in [0.15, 0.2) is 60.9 Å². The third-order valence-corrected chi connectivity index (χ3v) is 4.67. The highest BCUT2D eigenvalue weighted by Crippen LogP contribution is 2.23. The van der Waals surface area contributed by atoms with Crippen molar-refractivity contribution in [2.45, 2.75) is 13.0 Å². The first kappa shape index (κ1) is 18.0. The van der Waals surface area contributed by atoms with E-state index in [1.165, 1.54) is 0 Å². The number of amides is 1. The molecule has 0 aliphatic rings. The number of hydrogen-bond acceptors (Lipinski definition) is 3. The summed E-state index contributed by atoms with van der Waals surface area (Å²) in [6.45, 7) is 1.99. The molecule has 0 aliphatic heterocycles. The Bertz CT molecular complexity index is 888. The molecule has 1 unspecified atom stereocenters. The minimum Gasteiger partial charge on any atom is -0.497 e. The van der Waals surface area contributed by atoms with E-state index in [0.29, 0.717) is 10.6 Å². The fourth-order valence-electron chi connectivity index (χ4n) is 2.65. The van der Waals surface area contributed by atoms with Crippen molar-refractivity contribution in [2.24, 2.45) is 0 Å². The number of rotatable bonds is 5. The zero-order valence-corrected chi connectivity index (χ0v) is 15.6. The van der Waals surface area contributed by atoms with Crippen molar-refractivity contribution < 1.29 is 9.53 Å². The molecule has 0 bridgehead atoms. The Labute approximate surface area is 157 Å². The maximum Gasteiger partial charge on any atom is 0.257 e. The van der Waals surface area contributed by atoms with Crippen LogP contribution in [0.4, 0.5) is 0 Å². The molecule has 1 amide bonds. The van der Waals surface area contributed by atoms with Crippen molar-refractivity contribution >= 4 is 17.5 Å². The zero-order chi connectivity index (χ0) is 18.7. The first-order valence-corrected chi connectivity index (χ1v) is 8.59. The lowest BCUT2D eigenvalue weighted by atomic mass is 10.1. The van der Waals surface area contributed by atoms with Crippen molar-refractivity contribution in [3.05, 3.63) is 77.1 Å². The third kappa shape index (κ3) is 3.73. The smallest absolute Gasteiger partial charge is 0.257 e. The summed E-state index contributed by atoms with van der Waals surface area (Å²) >= 11 is 5.91. The number of hydrogen-bond donors (Lipinski definition) is 0. The topological polar surface area (TPSA) is 47.4 Å². The fourth-order valence-corrected chi connectivity index (χ4v) is 2.78. The summed E-state index contributed by atoms with van der Waals surface area (Å²) in [6.07, 6.45) is 3.30. The lowest BCUT2D eigenvalue weighted by Gasteiger charge is -2.25. The Morgan fingerprint density at radius 2 is 1.81 bits per heavy atom. The average Bonchev–Trinajstić information content (AvgIpc) is 3.17. The molecule has 1 heterocycles. The van der Waals surface area contributed by atoms with E-state index in [9.17, 15) is 4.79 Å². The second-order valence-electron chi connectivity index (χ2n) is 6.02. The van der Waals surface area contributed by atoms with Gasteiger partial charge in [0.2, 0.25) is 0 Å². The van der Waals surface area contributed by atoms with Crippen LogP contribution in [-0.2, 0) is 0 Å². The highest BCUT2D eigenvalue weighted by molar-refractivity contribution is 6.30. The van der Waals surface area contributed by atoms with Crippen molar-refractivity contribution in [3.8, 4) is 11.4 Å². The number of benzene rings is 2. The van der Waals surface area contributed by atoms with Crippen LogP contribution in [0.25, 0.3) is 5.69 Å². The number of carbonyl (C=O) groups excluding carboxylic acids is 1. The molecule has 1 aromatic heterocycles. The highest BCUT2D eigenvalue weighted by Gasteiger charge is 2.20. The van der Waals surface area contributed by atoms with Gasteiger partial charge < -0.3 is 9.64 Å². The molecule has 0 aliphatic carbocycles. The predicted octanol–water partition coefficient (Wildman–Crippen LogP) is 4.37. The van der Waals surface area contributed by atoms with E-state index < -0.39 is 0 Å². The molecule has 2 aromatic carbocycles. The molecule has 0 saturated heterocycles. The van der Waals surface area contributed by atoms with Crippen LogP contribution in [0.1, 0.15) is 28.9 Å². The fraction of sp³-hybridized carbons (Fsp3) is 0.200. The van der Waals surface area contributed by atoms with Crippen LogP contribution in [0, 0.1) is 0 Å². The Kier molecular flexibility index (Phi) is 5.28. The van der Waals surface area contributed by atoms with Gasteiger partial charge in [-0.15, -0.1) is 0 Å². The summed E-state index contributed by atoms with van der Waals surface area (Å²) in [6, 6.07) is 14.9. The van der Waals surface area contributed by atoms with Crippen LogP contribution < -0.4 is 4.74 Å². The standard InChI is InChI=1S/C20H20ClN3O2/c1-14(15-4-10-19(26-3)11-5-15)23(2)20(25)16-12-22-24(13-16)18-8-6-17(21)7-9-18/h4-14H,1-3H3. The van der Waals surface area contributed by atoms with E-state index >= 15 is 0 Å². The Morgan fingerprint density at radius 3 is 2.42 bits per heavy atom. The molecule has 0 N–H and O–H groups in total. The van der Waals surface area contributed by atoms with Crippen molar-refractivity contribution in [1.29, 1.82) is 0 Å². The molecule has 0 fully saturated rings. The first-order valence-electron chi connectivity index (χ1n) is 8.21. The summed E-state index contributed by atoms with van der Waals surface area (Å²) in [7, 11) is 3.42. The van der Waals surface area contributed by atoms with Gasteiger partial charge in [0.25, 0.3) is 5.91 Å². The van der Waals surface area contributed by atoms with Gasteiger partial charge in [-0.3, -0.25) is 4.79 Å². The van der Waals surface area contributed by atoms with E-state index in [1.54, 1.807) is 48.3 Å². The van der Waals surface area contributed by atoms with Gasteiger partial charge >= 0.3 is 0 Å². The number of carbonyl (C=O) groups is 1. The van der Waals surface area contributed by atoms with E-state index in [1.807, 2.05) is 43.3 Å². The average molecular weight is 370 g/mol. The van der Waals surface area contributed by atoms with Gasteiger partial charge in [0, 0.05) is 18.3 Å². The molecule has 26 heavy (non-hydrogen) atoms. The van der Waals surface area contributed by atoms with Gasteiger partial charge in [0.1, 0.15) is 5.75 Å². The molecule has 0 saturated carbocycles. The Morgan fingerprint density at radius 1 is 1.15 bits per heavy atom. The van der Waals surface area contributed by atoms with Gasteiger partial charge in [-0.2, -0.15) is 5.10 Å². The lowest BCUT2D eigenvalue weighted by molar-refractivity contribution is 0.0742.